The highest BCUT2D eigenvalue weighted by atomic mass is 127. The van der Waals surface area contributed by atoms with Gasteiger partial charge in [0.05, 0.1) is 9.67 Å². The summed E-state index contributed by atoms with van der Waals surface area (Å²) in [4.78, 5) is 4.18. The molecule has 0 aliphatic heterocycles. The van der Waals surface area contributed by atoms with E-state index in [0.717, 1.165) is 13.0 Å². The van der Waals surface area contributed by atoms with Crippen molar-refractivity contribution in [2.45, 2.75) is 18.9 Å². The van der Waals surface area contributed by atoms with Crippen LogP contribution in [-0.4, -0.2) is 11.1 Å². The minimum Gasteiger partial charge on any atom is -0.487 e. The fourth-order valence-electron chi connectivity index (χ4n) is 0.858. The average Bonchev–Trinajstić information content (AvgIpc) is 2.80. The fraction of sp³-hybridized carbons (Fsp3) is 0.375. The van der Waals surface area contributed by atoms with Gasteiger partial charge in [0.15, 0.2) is 5.75 Å². The number of halogens is 2. The summed E-state index contributed by atoms with van der Waals surface area (Å²) in [5, 5.41) is 0. The highest BCUT2D eigenvalue weighted by molar-refractivity contribution is 14.1. The van der Waals surface area contributed by atoms with Gasteiger partial charge in [0.25, 0.3) is 0 Å². The van der Waals surface area contributed by atoms with Crippen LogP contribution in [0.5, 0.6) is 5.75 Å². The largest absolute Gasteiger partial charge is 0.487 e. The van der Waals surface area contributed by atoms with Crippen LogP contribution in [0.4, 0.5) is 0 Å². The number of pyridine rings is 1. The van der Waals surface area contributed by atoms with E-state index in [1.165, 1.54) is 12.8 Å². The van der Waals surface area contributed by atoms with Gasteiger partial charge in [0.1, 0.15) is 3.70 Å². The van der Waals surface area contributed by atoms with Gasteiger partial charge in [-0.15, -0.1) is 0 Å². The van der Waals surface area contributed by atoms with Gasteiger partial charge in [-0.1, -0.05) is 0 Å². The molecule has 0 unspecified atom stereocenters. The van der Waals surface area contributed by atoms with Crippen molar-refractivity contribution in [1.29, 1.82) is 0 Å². The van der Waals surface area contributed by atoms with E-state index in [0.29, 0.717) is 6.10 Å². The number of hydrogen-bond acceptors (Lipinski definition) is 2. The molecule has 1 aliphatic carbocycles. The van der Waals surface area contributed by atoms with Crippen LogP contribution in [0.1, 0.15) is 12.8 Å². The van der Waals surface area contributed by atoms with Crippen molar-refractivity contribution in [2.24, 2.45) is 0 Å². The van der Waals surface area contributed by atoms with Crippen LogP contribution < -0.4 is 4.74 Å². The predicted molar refractivity (Wildman–Crippen MR) is 63.3 cm³/mol. The molecule has 0 spiro atoms. The van der Waals surface area contributed by atoms with E-state index in [4.69, 9.17) is 4.74 Å². The van der Waals surface area contributed by atoms with Crippen molar-refractivity contribution < 1.29 is 4.74 Å². The molecule has 4 heteroatoms. The summed E-state index contributed by atoms with van der Waals surface area (Å²) in [6.45, 7) is 0. The number of rotatable bonds is 2. The Balaban J connectivity index is 2.26. The van der Waals surface area contributed by atoms with E-state index in [-0.39, 0.29) is 0 Å². The second-order valence-electron chi connectivity index (χ2n) is 2.73. The first kappa shape index (κ1) is 8.98. The van der Waals surface area contributed by atoms with Gasteiger partial charge in [-0.2, -0.15) is 0 Å². The van der Waals surface area contributed by atoms with Crippen LogP contribution >= 0.6 is 45.2 Å². The third kappa shape index (κ3) is 2.01. The Bertz CT molecular complexity index is 279. The molecule has 1 heterocycles. The van der Waals surface area contributed by atoms with Crippen molar-refractivity contribution in [2.75, 3.05) is 0 Å². The van der Waals surface area contributed by atoms with Gasteiger partial charge in [-0.3, -0.25) is 0 Å². The molecule has 0 N–H and O–H groups in total. The van der Waals surface area contributed by atoms with Gasteiger partial charge in [-0.05, 0) is 64.1 Å². The molecule has 0 radical (unpaired) electrons. The second kappa shape index (κ2) is 3.65. The lowest BCUT2D eigenvalue weighted by Gasteiger charge is -2.07. The average molecular weight is 387 g/mol. The maximum Gasteiger partial charge on any atom is 0.164 e. The summed E-state index contributed by atoms with van der Waals surface area (Å²) in [5.41, 5.74) is 0. The summed E-state index contributed by atoms with van der Waals surface area (Å²) in [7, 11) is 0. The molecule has 0 atom stereocenters. The summed E-state index contributed by atoms with van der Waals surface area (Å²) >= 11 is 4.48. The number of aromatic nitrogens is 1. The van der Waals surface area contributed by atoms with E-state index >= 15 is 0 Å². The molecule has 64 valence electrons. The molecule has 0 aromatic carbocycles. The van der Waals surface area contributed by atoms with Crippen LogP contribution in [0.15, 0.2) is 12.3 Å². The van der Waals surface area contributed by atoms with Crippen LogP contribution in [-0.2, 0) is 0 Å². The lowest BCUT2D eigenvalue weighted by molar-refractivity contribution is 0.297. The molecule has 1 aromatic rings. The molecule has 2 rings (SSSR count). The third-order valence-corrected chi connectivity index (χ3v) is 3.24. The zero-order valence-electron chi connectivity index (χ0n) is 6.26. The van der Waals surface area contributed by atoms with E-state index in [9.17, 15) is 0 Å². The quantitative estimate of drug-likeness (QED) is 0.576. The van der Waals surface area contributed by atoms with Crippen molar-refractivity contribution in [3.63, 3.8) is 0 Å². The zero-order valence-corrected chi connectivity index (χ0v) is 10.6. The van der Waals surface area contributed by atoms with Crippen molar-refractivity contribution in [1.82, 2.24) is 4.98 Å². The van der Waals surface area contributed by atoms with Crippen molar-refractivity contribution >= 4 is 45.2 Å². The summed E-state index contributed by atoms with van der Waals surface area (Å²) in [6.07, 6.45) is 4.65. The normalized spacial score (nSPS) is 16.2. The summed E-state index contributed by atoms with van der Waals surface area (Å²) < 4.78 is 7.83. The Morgan fingerprint density at radius 1 is 1.42 bits per heavy atom. The smallest absolute Gasteiger partial charge is 0.164 e. The fourth-order valence-corrected chi connectivity index (χ4v) is 2.50. The topological polar surface area (TPSA) is 22.1 Å². The first-order valence-corrected chi connectivity index (χ1v) is 5.90. The van der Waals surface area contributed by atoms with E-state index < -0.39 is 0 Å². The Labute approximate surface area is 98.4 Å². The molecule has 1 fully saturated rings. The molecule has 12 heavy (non-hydrogen) atoms. The first-order chi connectivity index (χ1) is 5.77. The maximum absolute atomic E-state index is 5.71. The minimum absolute atomic E-state index is 0.455. The van der Waals surface area contributed by atoms with Crippen LogP contribution in [0, 0.1) is 7.27 Å². The van der Waals surface area contributed by atoms with Gasteiger partial charge in [0.2, 0.25) is 0 Å². The molecular formula is C8H7I2NO. The van der Waals surface area contributed by atoms with Gasteiger partial charge in [0, 0.05) is 6.20 Å². The molecule has 2 nitrogen and oxygen atoms in total. The molecule has 1 aliphatic rings. The third-order valence-electron chi connectivity index (χ3n) is 1.62. The monoisotopic (exact) mass is 387 g/mol. The van der Waals surface area contributed by atoms with Crippen LogP contribution in [0.3, 0.4) is 0 Å². The molecule has 0 saturated heterocycles. The highest BCUT2D eigenvalue weighted by Gasteiger charge is 2.25. The lowest BCUT2D eigenvalue weighted by Crippen LogP contribution is -2.00. The first-order valence-electron chi connectivity index (χ1n) is 3.74. The zero-order chi connectivity index (χ0) is 8.55. The molecular weight excluding hydrogens is 380 g/mol. The number of nitrogens with zero attached hydrogens (tertiary/aromatic N) is 1. The standard InChI is InChI=1S/C8H7I2NO/c9-6-3-4-11-8(10)7(6)12-5-1-2-5/h3-5H,1-2H2. The summed E-state index contributed by atoms with van der Waals surface area (Å²) in [6, 6.07) is 1.97. The minimum atomic E-state index is 0.455. The predicted octanol–water partition coefficient (Wildman–Crippen LogP) is 2.83. The van der Waals surface area contributed by atoms with Gasteiger partial charge < -0.3 is 4.74 Å². The number of hydrogen-bond donors (Lipinski definition) is 0. The van der Waals surface area contributed by atoms with Gasteiger partial charge in [-0.25, -0.2) is 4.98 Å². The second-order valence-corrected chi connectivity index (χ2v) is 4.91. The molecule has 0 bridgehead atoms. The summed E-state index contributed by atoms with van der Waals surface area (Å²) in [5.74, 6) is 0.959. The Kier molecular flexibility index (Phi) is 2.73. The van der Waals surface area contributed by atoms with Crippen molar-refractivity contribution in [3.8, 4) is 5.75 Å². The molecule has 1 aromatic heterocycles. The highest BCUT2D eigenvalue weighted by Crippen LogP contribution is 2.32. The van der Waals surface area contributed by atoms with Crippen molar-refractivity contribution in [3.05, 3.63) is 19.5 Å². The Morgan fingerprint density at radius 2 is 2.17 bits per heavy atom. The molecule has 0 amide bonds. The SMILES string of the molecule is Ic1ccnc(I)c1OC1CC1. The Hall–Kier alpha value is 0.410. The van der Waals surface area contributed by atoms with E-state index in [2.05, 4.69) is 50.2 Å². The maximum atomic E-state index is 5.71. The van der Waals surface area contributed by atoms with E-state index in [1.54, 1.807) is 0 Å². The molecule has 1 saturated carbocycles. The van der Waals surface area contributed by atoms with Crippen LogP contribution in [0.2, 0.25) is 0 Å². The van der Waals surface area contributed by atoms with Crippen LogP contribution in [0.25, 0.3) is 0 Å². The number of ether oxygens (including phenoxy) is 1. The van der Waals surface area contributed by atoms with Gasteiger partial charge >= 0.3 is 0 Å². The van der Waals surface area contributed by atoms with E-state index in [1.807, 2.05) is 12.3 Å². The Morgan fingerprint density at radius 3 is 2.75 bits per heavy atom. The lowest BCUT2D eigenvalue weighted by atomic mass is 10.5.